The van der Waals surface area contributed by atoms with Gasteiger partial charge < -0.3 is 5.32 Å². The Balaban J connectivity index is 1.88. The lowest BCUT2D eigenvalue weighted by Gasteiger charge is -2.18. The summed E-state index contributed by atoms with van der Waals surface area (Å²) in [6, 6.07) is 10.1. The SMILES string of the molecule is CNC(Cc1ccc2c(c1)CCC2)c1c(F)cccc1F. The lowest BCUT2D eigenvalue weighted by atomic mass is 9.96. The highest BCUT2D eigenvalue weighted by atomic mass is 19.1. The number of benzene rings is 2. The van der Waals surface area contributed by atoms with Gasteiger partial charge in [-0.2, -0.15) is 0 Å². The molecule has 0 bridgehead atoms. The summed E-state index contributed by atoms with van der Waals surface area (Å²) < 4.78 is 27.9. The molecule has 0 aromatic heterocycles. The summed E-state index contributed by atoms with van der Waals surface area (Å²) >= 11 is 0. The van der Waals surface area contributed by atoms with Gasteiger partial charge in [0.2, 0.25) is 0 Å². The number of rotatable bonds is 4. The van der Waals surface area contributed by atoms with Gasteiger partial charge in [0, 0.05) is 11.6 Å². The lowest BCUT2D eigenvalue weighted by Crippen LogP contribution is -2.21. The van der Waals surface area contributed by atoms with E-state index in [0.29, 0.717) is 6.42 Å². The monoisotopic (exact) mass is 287 g/mol. The van der Waals surface area contributed by atoms with E-state index in [1.54, 1.807) is 7.05 Å². The molecule has 1 aliphatic carbocycles. The van der Waals surface area contributed by atoms with Crippen LogP contribution < -0.4 is 5.32 Å². The first-order valence-corrected chi connectivity index (χ1v) is 7.41. The fourth-order valence-electron chi connectivity index (χ4n) is 3.18. The lowest BCUT2D eigenvalue weighted by molar-refractivity contribution is 0.489. The van der Waals surface area contributed by atoms with Gasteiger partial charge in [0.15, 0.2) is 0 Å². The van der Waals surface area contributed by atoms with Crippen LogP contribution in [-0.4, -0.2) is 7.05 Å². The quantitative estimate of drug-likeness (QED) is 0.897. The number of fused-ring (bicyclic) bond motifs is 1. The third-order valence-corrected chi connectivity index (χ3v) is 4.30. The van der Waals surface area contributed by atoms with Gasteiger partial charge >= 0.3 is 0 Å². The molecule has 0 fully saturated rings. The molecule has 2 aromatic carbocycles. The van der Waals surface area contributed by atoms with Gasteiger partial charge in [-0.25, -0.2) is 8.78 Å². The maximum absolute atomic E-state index is 13.9. The molecule has 0 radical (unpaired) electrons. The van der Waals surface area contributed by atoms with E-state index in [-0.39, 0.29) is 11.6 Å². The summed E-state index contributed by atoms with van der Waals surface area (Å²) in [4.78, 5) is 0. The van der Waals surface area contributed by atoms with E-state index < -0.39 is 11.6 Å². The van der Waals surface area contributed by atoms with Crippen LogP contribution in [0, 0.1) is 11.6 Å². The molecule has 110 valence electrons. The van der Waals surface area contributed by atoms with Crippen molar-refractivity contribution in [1.29, 1.82) is 0 Å². The maximum Gasteiger partial charge on any atom is 0.130 e. The van der Waals surface area contributed by atoms with Crippen LogP contribution in [0.3, 0.4) is 0 Å². The average Bonchev–Trinajstić information content (AvgIpc) is 2.93. The first-order chi connectivity index (χ1) is 10.2. The zero-order valence-electron chi connectivity index (χ0n) is 12.1. The topological polar surface area (TPSA) is 12.0 Å². The zero-order valence-corrected chi connectivity index (χ0v) is 12.1. The smallest absolute Gasteiger partial charge is 0.130 e. The largest absolute Gasteiger partial charge is 0.313 e. The van der Waals surface area contributed by atoms with Crippen molar-refractivity contribution in [2.45, 2.75) is 31.7 Å². The van der Waals surface area contributed by atoms with Gasteiger partial charge in [-0.15, -0.1) is 0 Å². The van der Waals surface area contributed by atoms with Gasteiger partial charge in [-0.05, 0) is 61.6 Å². The third kappa shape index (κ3) is 2.84. The van der Waals surface area contributed by atoms with Crippen LogP contribution >= 0.6 is 0 Å². The second kappa shape index (κ2) is 5.94. The molecular formula is C18H19F2N. The van der Waals surface area contributed by atoms with Crippen molar-refractivity contribution in [3.05, 3.63) is 70.3 Å². The van der Waals surface area contributed by atoms with Crippen LogP contribution in [0.2, 0.25) is 0 Å². The zero-order chi connectivity index (χ0) is 14.8. The first-order valence-electron chi connectivity index (χ1n) is 7.41. The molecule has 3 heteroatoms. The minimum atomic E-state index is -0.490. The van der Waals surface area contributed by atoms with Crippen molar-refractivity contribution in [2.75, 3.05) is 7.05 Å². The molecule has 1 unspecified atom stereocenters. The molecule has 1 atom stereocenters. The van der Waals surface area contributed by atoms with Gasteiger partial charge in [0.1, 0.15) is 11.6 Å². The second-order valence-corrected chi connectivity index (χ2v) is 5.64. The molecule has 1 nitrogen and oxygen atoms in total. The van der Waals surface area contributed by atoms with Crippen LogP contribution in [0.5, 0.6) is 0 Å². The summed E-state index contributed by atoms with van der Waals surface area (Å²) in [5.74, 6) is -0.981. The van der Waals surface area contributed by atoms with E-state index in [0.717, 1.165) is 18.4 Å². The fraction of sp³-hybridized carbons (Fsp3) is 0.333. The Hall–Kier alpha value is -1.74. The van der Waals surface area contributed by atoms with Crippen molar-refractivity contribution in [1.82, 2.24) is 5.32 Å². The van der Waals surface area contributed by atoms with Crippen molar-refractivity contribution < 1.29 is 8.78 Å². The molecule has 0 aliphatic heterocycles. The molecular weight excluding hydrogens is 268 g/mol. The number of hydrogen-bond donors (Lipinski definition) is 1. The molecule has 0 saturated carbocycles. The van der Waals surface area contributed by atoms with Crippen molar-refractivity contribution in [2.24, 2.45) is 0 Å². The van der Waals surface area contributed by atoms with Gasteiger partial charge in [-0.3, -0.25) is 0 Å². The number of aryl methyl sites for hydroxylation is 2. The molecule has 1 aliphatic rings. The summed E-state index contributed by atoms with van der Waals surface area (Å²) in [5.41, 5.74) is 4.05. The van der Waals surface area contributed by atoms with Crippen LogP contribution in [0.4, 0.5) is 8.78 Å². The summed E-state index contributed by atoms with van der Waals surface area (Å²) in [7, 11) is 1.74. The first kappa shape index (κ1) is 14.2. The summed E-state index contributed by atoms with van der Waals surface area (Å²) in [5, 5.41) is 3.04. The molecule has 2 aromatic rings. The Labute approximate surface area is 124 Å². The number of halogens is 2. The third-order valence-electron chi connectivity index (χ3n) is 4.30. The number of likely N-dealkylation sites (N-methyl/N-ethyl adjacent to an activating group) is 1. The highest BCUT2D eigenvalue weighted by Gasteiger charge is 2.20. The summed E-state index contributed by atoms with van der Waals surface area (Å²) in [6.45, 7) is 0. The van der Waals surface area contributed by atoms with Gasteiger partial charge in [0.25, 0.3) is 0 Å². The second-order valence-electron chi connectivity index (χ2n) is 5.64. The minimum Gasteiger partial charge on any atom is -0.313 e. The van der Waals surface area contributed by atoms with Crippen LogP contribution in [0.25, 0.3) is 0 Å². The van der Waals surface area contributed by atoms with Gasteiger partial charge in [-0.1, -0.05) is 24.3 Å². The van der Waals surface area contributed by atoms with E-state index >= 15 is 0 Å². The Morgan fingerprint density at radius 3 is 2.48 bits per heavy atom. The molecule has 0 spiro atoms. The van der Waals surface area contributed by atoms with E-state index in [9.17, 15) is 8.78 Å². The predicted molar refractivity (Wildman–Crippen MR) is 80.3 cm³/mol. The fourth-order valence-corrected chi connectivity index (χ4v) is 3.18. The molecule has 3 rings (SSSR count). The maximum atomic E-state index is 13.9. The molecule has 21 heavy (non-hydrogen) atoms. The molecule has 0 heterocycles. The molecule has 0 amide bonds. The highest BCUT2D eigenvalue weighted by Crippen LogP contribution is 2.27. The van der Waals surface area contributed by atoms with Crippen molar-refractivity contribution in [3.8, 4) is 0 Å². The minimum absolute atomic E-state index is 0.125. The Kier molecular flexibility index (Phi) is 4.02. The normalized spacial score (nSPS) is 15.0. The van der Waals surface area contributed by atoms with E-state index in [2.05, 4.69) is 23.5 Å². The van der Waals surface area contributed by atoms with Crippen molar-refractivity contribution in [3.63, 3.8) is 0 Å². The average molecular weight is 287 g/mol. The van der Waals surface area contributed by atoms with Crippen LogP contribution in [0.1, 0.15) is 34.7 Å². The van der Waals surface area contributed by atoms with Crippen LogP contribution in [-0.2, 0) is 19.3 Å². The van der Waals surface area contributed by atoms with Crippen LogP contribution in [0.15, 0.2) is 36.4 Å². The Morgan fingerprint density at radius 2 is 1.76 bits per heavy atom. The predicted octanol–water partition coefficient (Wildman–Crippen LogP) is 3.96. The highest BCUT2D eigenvalue weighted by molar-refractivity contribution is 5.36. The van der Waals surface area contributed by atoms with E-state index in [1.165, 1.54) is 35.7 Å². The van der Waals surface area contributed by atoms with Crippen molar-refractivity contribution >= 4 is 0 Å². The Bertz CT molecular complexity index is 631. The van der Waals surface area contributed by atoms with E-state index in [4.69, 9.17) is 0 Å². The number of nitrogens with one attached hydrogen (secondary N) is 1. The molecule has 1 N–H and O–H groups in total. The molecule has 0 saturated heterocycles. The Morgan fingerprint density at radius 1 is 1.05 bits per heavy atom. The number of hydrogen-bond acceptors (Lipinski definition) is 1. The van der Waals surface area contributed by atoms with E-state index in [1.807, 2.05) is 0 Å². The van der Waals surface area contributed by atoms with Gasteiger partial charge in [0.05, 0.1) is 0 Å². The standard InChI is InChI=1S/C18H19F2N/c1-21-17(18-15(19)6-3-7-16(18)20)11-12-8-9-13-4-2-5-14(13)10-12/h3,6-10,17,21H,2,4-5,11H2,1H3. The summed E-state index contributed by atoms with van der Waals surface area (Å²) in [6.07, 6.45) is 4.05.